The highest BCUT2D eigenvalue weighted by Crippen LogP contribution is 2.33. The van der Waals surface area contributed by atoms with Crippen molar-refractivity contribution in [2.75, 3.05) is 0 Å². The van der Waals surface area contributed by atoms with Gasteiger partial charge in [-0.1, -0.05) is 23.7 Å². The zero-order valence-electron chi connectivity index (χ0n) is 16.0. The third kappa shape index (κ3) is 4.33. The van der Waals surface area contributed by atoms with Crippen LogP contribution in [0.2, 0.25) is 5.02 Å². The number of hydrogen-bond acceptors (Lipinski definition) is 4. The molecular formula is C22H23ClN4O2. The van der Waals surface area contributed by atoms with E-state index < -0.39 is 5.97 Å². The molecule has 1 aliphatic carbocycles. The first-order chi connectivity index (χ1) is 14.0. The van der Waals surface area contributed by atoms with Crippen molar-refractivity contribution in [3.63, 3.8) is 0 Å². The Morgan fingerprint density at radius 1 is 1.21 bits per heavy atom. The lowest BCUT2D eigenvalue weighted by molar-refractivity contribution is 0.0695. The van der Waals surface area contributed by atoms with Gasteiger partial charge >= 0.3 is 5.97 Å². The molecule has 2 heterocycles. The summed E-state index contributed by atoms with van der Waals surface area (Å²) < 4.78 is 2.07. The largest absolute Gasteiger partial charge is 0.478 e. The van der Waals surface area contributed by atoms with Gasteiger partial charge in [0.1, 0.15) is 0 Å². The van der Waals surface area contributed by atoms with Crippen molar-refractivity contribution in [3.05, 3.63) is 70.6 Å². The zero-order valence-corrected chi connectivity index (χ0v) is 16.7. The fraction of sp³-hybridized carbons (Fsp3) is 0.318. The maximum absolute atomic E-state index is 11.5. The molecule has 150 valence electrons. The highest BCUT2D eigenvalue weighted by Gasteiger charge is 2.24. The van der Waals surface area contributed by atoms with Crippen LogP contribution in [0.25, 0.3) is 11.3 Å². The van der Waals surface area contributed by atoms with Crippen LogP contribution in [0.4, 0.5) is 0 Å². The average Bonchev–Trinajstić information content (AvgIpc) is 3.12. The van der Waals surface area contributed by atoms with Crippen molar-refractivity contribution >= 4 is 17.6 Å². The molecule has 0 saturated heterocycles. The second-order valence-electron chi connectivity index (χ2n) is 7.56. The van der Waals surface area contributed by atoms with Gasteiger partial charge in [-0.2, -0.15) is 5.10 Å². The summed E-state index contributed by atoms with van der Waals surface area (Å²) in [6.45, 7) is 0. The minimum Gasteiger partial charge on any atom is -0.478 e. The van der Waals surface area contributed by atoms with Gasteiger partial charge in [0.2, 0.25) is 0 Å². The van der Waals surface area contributed by atoms with Crippen LogP contribution >= 0.6 is 11.6 Å². The zero-order chi connectivity index (χ0) is 20.4. The molecular weight excluding hydrogens is 388 g/mol. The molecule has 0 spiro atoms. The van der Waals surface area contributed by atoms with Crippen LogP contribution in [0.1, 0.15) is 53.3 Å². The van der Waals surface area contributed by atoms with Crippen molar-refractivity contribution in [3.8, 4) is 11.3 Å². The van der Waals surface area contributed by atoms with E-state index in [0.29, 0.717) is 17.0 Å². The van der Waals surface area contributed by atoms with Gasteiger partial charge in [0.15, 0.2) is 0 Å². The Morgan fingerprint density at radius 3 is 2.72 bits per heavy atom. The molecule has 7 heteroatoms. The number of aromatic nitrogens is 3. The van der Waals surface area contributed by atoms with E-state index in [4.69, 9.17) is 22.4 Å². The number of aromatic carboxylic acids is 1. The Labute approximate surface area is 174 Å². The minimum absolute atomic E-state index is 0.252. The summed E-state index contributed by atoms with van der Waals surface area (Å²) in [6, 6.07) is 11.8. The van der Waals surface area contributed by atoms with Crippen molar-refractivity contribution in [1.29, 1.82) is 0 Å². The van der Waals surface area contributed by atoms with Gasteiger partial charge in [-0.25, -0.2) is 4.79 Å². The van der Waals surface area contributed by atoms with Crippen LogP contribution in [0.15, 0.2) is 48.8 Å². The number of nitrogens with two attached hydrogens (primary N) is 1. The van der Waals surface area contributed by atoms with Gasteiger partial charge < -0.3 is 10.8 Å². The van der Waals surface area contributed by atoms with E-state index in [1.54, 1.807) is 6.20 Å². The average molecular weight is 411 g/mol. The number of carboxylic acid groups (broad SMARTS) is 1. The number of carboxylic acids is 1. The van der Waals surface area contributed by atoms with E-state index in [1.165, 1.54) is 12.3 Å². The van der Waals surface area contributed by atoms with E-state index in [-0.39, 0.29) is 17.6 Å². The molecule has 3 N–H and O–H groups in total. The van der Waals surface area contributed by atoms with Crippen LogP contribution in [0.3, 0.4) is 0 Å². The molecule has 0 unspecified atom stereocenters. The van der Waals surface area contributed by atoms with Gasteiger partial charge in [-0.15, -0.1) is 0 Å². The molecule has 1 aliphatic rings. The molecule has 1 aromatic carbocycles. The number of benzene rings is 1. The molecule has 6 nitrogen and oxygen atoms in total. The molecule has 1 saturated carbocycles. The van der Waals surface area contributed by atoms with E-state index >= 15 is 0 Å². The molecule has 3 aromatic rings. The Bertz CT molecular complexity index is 1030. The summed E-state index contributed by atoms with van der Waals surface area (Å²) in [7, 11) is 0. The van der Waals surface area contributed by atoms with Gasteiger partial charge in [0.25, 0.3) is 0 Å². The standard InChI is InChI=1S/C22H23ClN4O2/c23-16-3-1-2-14(10-16)21-12-18(11-15-13-25-9-8-20(15)22(28)29)26-27(21)19-6-4-17(24)5-7-19/h1-3,8-10,12-13,17,19H,4-7,11,24H2,(H,28,29). The lowest BCUT2D eigenvalue weighted by Gasteiger charge is -2.27. The molecule has 0 bridgehead atoms. The quantitative estimate of drug-likeness (QED) is 0.652. The summed E-state index contributed by atoms with van der Waals surface area (Å²) in [5.74, 6) is -0.960. The van der Waals surface area contributed by atoms with Crippen LogP contribution < -0.4 is 5.73 Å². The molecule has 0 atom stereocenters. The topological polar surface area (TPSA) is 94.0 Å². The molecule has 4 rings (SSSR count). The summed E-state index contributed by atoms with van der Waals surface area (Å²) in [4.78, 5) is 15.6. The maximum Gasteiger partial charge on any atom is 0.336 e. The summed E-state index contributed by atoms with van der Waals surface area (Å²) in [5.41, 5.74) is 9.78. The van der Waals surface area contributed by atoms with Crippen molar-refractivity contribution < 1.29 is 9.90 Å². The lowest BCUT2D eigenvalue weighted by atomic mass is 9.91. The Morgan fingerprint density at radius 2 is 2.00 bits per heavy atom. The highest BCUT2D eigenvalue weighted by molar-refractivity contribution is 6.30. The first-order valence-electron chi connectivity index (χ1n) is 9.77. The fourth-order valence-corrected chi connectivity index (χ4v) is 4.18. The van der Waals surface area contributed by atoms with Crippen molar-refractivity contribution in [1.82, 2.24) is 14.8 Å². The summed E-state index contributed by atoms with van der Waals surface area (Å²) >= 11 is 6.22. The van der Waals surface area contributed by atoms with Gasteiger partial charge in [0.05, 0.1) is 23.0 Å². The van der Waals surface area contributed by atoms with Crippen molar-refractivity contribution in [2.24, 2.45) is 5.73 Å². The van der Waals surface area contributed by atoms with Crippen LogP contribution in [-0.2, 0) is 6.42 Å². The van der Waals surface area contributed by atoms with Gasteiger partial charge in [-0.3, -0.25) is 9.67 Å². The number of carbonyl (C=O) groups is 1. The van der Waals surface area contributed by atoms with Crippen LogP contribution in [0.5, 0.6) is 0 Å². The Hall–Kier alpha value is -2.70. The van der Waals surface area contributed by atoms with Crippen LogP contribution in [-0.4, -0.2) is 31.9 Å². The number of halogens is 1. The first kappa shape index (κ1) is 19.6. The molecule has 29 heavy (non-hydrogen) atoms. The fourth-order valence-electron chi connectivity index (χ4n) is 3.99. The normalized spacial score (nSPS) is 19.2. The number of rotatable bonds is 5. The molecule has 0 amide bonds. The maximum atomic E-state index is 11.5. The molecule has 2 aromatic heterocycles. The van der Waals surface area contributed by atoms with E-state index in [1.807, 2.05) is 30.3 Å². The Kier molecular flexibility index (Phi) is 5.65. The number of hydrogen-bond donors (Lipinski definition) is 2. The SMILES string of the molecule is NC1CCC(n2nc(Cc3cnccc3C(=O)O)cc2-c2cccc(Cl)c2)CC1. The smallest absolute Gasteiger partial charge is 0.336 e. The van der Waals surface area contributed by atoms with Gasteiger partial charge in [-0.05, 0) is 55.5 Å². The highest BCUT2D eigenvalue weighted by atomic mass is 35.5. The van der Waals surface area contributed by atoms with Crippen molar-refractivity contribution in [2.45, 2.75) is 44.2 Å². The molecule has 0 radical (unpaired) electrons. The van der Waals surface area contributed by atoms with E-state index in [2.05, 4.69) is 9.67 Å². The van der Waals surface area contributed by atoms with E-state index in [9.17, 15) is 9.90 Å². The van der Waals surface area contributed by atoms with Crippen LogP contribution in [0, 0.1) is 0 Å². The monoisotopic (exact) mass is 410 g/mol. The van der Waals surface area contributed by atoms with Gasteiger partial charge in [0, 0.05) is 35.4 Å². The van der Waals surface area contributed by atoms with E-state index in [0.717, 1.165) is 42.6 Å². The molecule has 0 aliphatic heterocycles. The predicted octanol–water partition coefficient (Wildman–Crippen LogP) is 4.33. The second kappa shape index (κ2) is 8.35. The third-order valence-electron chi connectivity index (χ3n) is 5.50. The first-order valence-corrected chi connectivity index (χ1v) is 10.1. The number of nitrogens with zero attached hydrogens (tertiary/aromatic N) is 3. The third-order valence-corrected chi connectivity index (χ3v) is 5.73. The summed E-state index contributed by atoms with van der Waals surface area (Å²) in [6.07, 6.45) is 7.39. The minimum atomic E-state index is -0.960. The second-order valence-corrected chi connectivity index (χ2v) is 8.00. The lowest BCUT2D eigenvalue weighted by Crippen LogP contribution is -2.28. The summed E-state index contributed by atoms with van der Waals surface area (Å²) in [5, 5.41) is 15.0. The Balaban J connectivity index is 1.73. The number of pyridine rings is 1. The predicted molar refractivity (Wildman–Crippen MR) is 112 cm³/mol. The molecule has 1 fully saturated rings.